The van der Waals surface area contributed by atoms with Gasteiger partial charge in [0, 0.05) is 18.0 Å². The first-order chi connectivity index (χ1) is 7.66. The first-order valence-electron chi connectivity index (χ1n) is 5.86. The molecule has 3 nitrogen and oxygen atoms in total. The molecule has 1 fully saturated rings. The molecule has 16 heavy (non-hydrogen) atoms. The molecule has 0 unspecified atom stereocenters. The molecule has 3 rings (SSSR count). The van der Waals surface area contributed by atoms with Gasteiger partial charge in [-0.15, -0.1) is 0 Å². The number of aromatic nitrogens is 2. The molecule has 1 aliphatic carbocycles. The van der Waals surface area contributed by atoms with Crippen LogP contribution >= 0.6 is 0 Å². The molecule has 1 saturated carbocycles. The summed E-state index contributed by atoms with van der Waals surface area (Å²) >= 11 is 0. The lowest BCUT2D eigenvalue weighted by Gasteiger charge is -2.08. The zero-order valence-corrected chi connectivity index (χ0v) is 9.61. The Morgan fingerprint density at radius 3 is 3.00 bits per heavy atom. The molecule has 2 N–H and O–H groups in total. The monoisotopic (exact) mass is 215 g/mol. The van der Waals surface area contributed by atoms with E-state index in [1.165, 1.54) is 29.3 Å². The Morgan fingerprint density at radius 2 is 2.25 bits per heavy atom. The van der Waals surface area contributed by atoms with E-state index >= 15 is 0 Å². The minimum atomic E-state index is 0.154. The molecule has 1 aliphatic rings. The van der Waals surface area contributed by atoms with E-state index in [0.29, 0.717) is 0 Å². The van der Waals surface area contributed by atoms with Gasteiger partial charge < -0.3 is 5.73 Å². The van der Waals surface area contributed by atoms with Crippen LogP contribution in [0, 0.1) is 0 Å². The summed E-state index contributed by atoms with van der Waals surface area (Å²) in [6, 6.07) is 6.57. The SMILES string of the molecule is Cn1ncc2ccc(CCC3(N)CC3)cc21. The lowest BCUT2D eigenvalue weighted by Crippen LogP contribution is -2.22. The van der Waals surface area contributed by atoms with Crippen molar-refractivity contribution < 1.29 is 0 Å². The van der Waals surface area contributed by atoms with Gasteiger partial charge >= 0.3 is 0 Å². The second kappa shape index (κ2) is 3.32. The first-order valence-corrected chi connectivity index (χ1v) is 5.86. The molecule has 84 valence electrons. The highest BCUT2D eigenvalue weighted by Crippen LogP contribution is 2.36. The summed E-state index contributed by atoms with van der Waals surface area (Å²) in [5, 5.41) is 5.46. The summed E-state index contributed by atoms with van der Waals surface area (Å²) in [6.45, 7) is 0. The third kappa shape index (κ3) is 1.71. The number of nitrogens with zero attached hydrogens (tertiary/aromatic N) is 2. The molecule has 0 spiro atoms. The fraction of sp³-hybridized carbons (Fsp3) is 0.462. The van der Waals surface area contributed by atoms with Crippen molar-refractivity contribution >= 4 is 10.9 Å². The van der Waals surface area contributed by atoms with E-state index in [-0.39, 0.29) is 5.54 Å². The summed E-state index contributed by atoms with van der Waals surface area (Å²) < 4.78 is 1.92. The predicted octanol–water partition coefficient (Wildman–Crippen LogP) is 2.00. The van der Waals surface area contributed by atoms with Gasteiger partial charge in [-0.2, -0.15) is 5.10 Å². The Balaban J connectivity index is 1.83. The molecule has 1 aromatic carbocycles. The molecule has 0 bridgehead atoms. The smallest absolute Gasteiger partial charge is 0.0681 e. The highest BCUT2D eigenvalue weighted by atomic mass is 15.2. The number of nitrogens with two attached hydrogens (primary N) is 1. The Labute approximate surface area is 95.2 Å². The number of rotatable bonds is 3. The highest BCUT2D eigenvalue weighted by molar-refractivity contribution is 5.79. The average Bonchev–Trinajstić information content (AvgIpc) is 2.92. The van der Waals surface area contributed by atoms with E-state index in [2.05, 4.69) is 23.3 Å². The average molecular weight is 215 g/mol. The highest BCUT2D eigenvalue weighted by Gasteiger charge is 2.37. The summed E-state index contributed by atoms with van der Waals surface area (Å²) in [7, 11) is 1.98. The predicted molar refractivity (Wildman–Crippen MR) is 65.2 cm³/mol. The van der Waals surface area contributed by atoms with Crippen LogP contribution < -0.4 is 5.73 Å². The molecule has 0 aliphatic heterocycles. The third-order valence-electron chi connectivity index (χ3n) is 3.62. The van der Waals surface area contributed by atoms with Crippen LogP contribution in [0.15, 0.2) is 24.4 Å². The molecule has 0 amide bonds. The minimum absolute atomic E-state index is 0.154. The quantitative estimate of drug-likeness (QED) is 0.851. The van der Waals surface area contributed by atoms with Gasteiger partial charge in [-0.25, -0.2) is 0 Å². The van der Waals surface area contributed by atoms with E-state index in [1.807, 2.05) is 17.9 Å². The van der Waals surface area contributed by atoms with Crippen LogP contribution in [0.1, 0.15) is 24.8 Å². The maximum absolute atomic E-state index is 6.10. The van der Waals surface area contributed by atoms with Crippen LogP contribution in [0.3, 0.4) is 0 Å². The van der Waals surface area contributed by atoms with Gasteiger partial charge in [0.15, 0.2) is 0 Å². The standard InChI is InChI=1S/C13H17N3/c1-16-12-8-10(2-3-11(12)9-15-16)4-5-13(14)6-7-13/h2-3,8-9H,4-7,14H2,1H3. The molecule has 1 aromatic heterocycles. The number of hydrogen-bond acceptors (Lipinski definition) is 2. The number of benzene rings is 1. The van der Waals surface area contributed by atoms with Crippen molar-refractivity contribution in [1.82, 2.24) is 9.78 Å². The van der Waals surface area contributed by atoms with E-state index < -0.39 is 0 Å². The van der Waals surface area contributed by atoms with Crippen molar-refractivity contribution in [2.24, 2.45) is 12.8 Å². The van der Waals surface area contributed by atoms with E-state index in [9.17, 15) is 0 Å². The van der Waals surface area contributed by atoms with Crippen molar-refractivity contribution in [2.45, 2.75) is 31.2 Å². The van der Waals surface area contributed by atoms with E-state index in [4.69, 9.17) is 5.73 Å². The minimum Gasteiger partial charge on any atom is -0.325 e. The zero-order chi connectivity index (χ0) is 11.2. The van der Waals surface area contributed by atoms with Crippen LogP contribution in [0.5, 0.6) is 0 Å². The molecule has 0 radical (unpaired) electrons. The largest absolute Gasteiger partial charge is 0.325 e. The second-order valence-electron chi connectivity index (χ2n) is 5.02. The van der Waals surface area contributed by atoms with Crippen molar-refractivity contribution in [3.05, 3.63) is 30.0 Å². The van der Waals surface area contributed by atoms with Gasteiger partial charge in [0.05, 0.1) is 11.7 Å². The summed E-state index contributed by atoms with van der Waals surface area (Å²) in [5.41, 5.74) is 8.83. The maximum Gasteiger partial charge on any atom is 0.0681 e. The first kappa shape index (κ1) is 9.85. The Bertz CT molecular complexity index is 523. The van der Waals surface area contributed by atoms with Crippen LogP contribution in [0.2, 0.25) is 0 Å². The summed E-state index contributed by atoms with van der Waals surface area (Å²) in [4.78, 5) is 0. The molecule has 3 heteroatoms. The van der Waals surface area contributed by atoms with Crippen LogP contribution in [-0.2, 0) is 13.5 Å². The van der Waals surface area contributed by atoms with Crippen molar-refractivity contribution in [1.29, 1.82) is 0 Å². The van der Waals surface area contributed by atoms with Crippen molar-refractivity contribution in [2.75, 3.05) is 0 Å². The third-order valence-corrected chi connectivity index (χ3v) is 3.62. The van der Waals surface area contributed by atoms with E-state index in [1.54, 1.807) is 0 Å². The molecule has 1 heterocycles. The van der Waals surface area contributed by atoms with Crippen LogP contribution in [0.25, 0.3) is 10.9 Å². The van der Waals surface area contributed by atoms with Gasteiger partial charge in [-0.3, -0.25) is 4.68 Å². The molecule has 0 atom stereocenters. The van der Waals surface area contributed by atoms with E-state index in [0.717, 1.165) is 12.8 Å². The number of fused-ring (bicyclic) bond motifs is 1. The Hall–Kier alpha value is -1.35. The summed E-state index contributed by atoms with van der Waals surface area (Å²) in [6.07, 6.45) is 6.49. The second-order valence-corrected chi connectivity index (χ2v) is 5.02. The van der Waals surface area contributed by atoms with Gasteiger partial charge in [-0.05, 0) is 37.3 Å². The molecular formula is C13H17N3. The topological polar surface area (TPSA) is 43.8 Å². The number of aryl methyl sites for hydroxylation is 2. The fourth-order valence-corrected chi connectivity index (χ4v) is 2.15. The van der Waals surface area contributed by atoms with Gasteiger partial charge in [-0.1, -0.05) is 12.1 Å². The van der Waals surface area contributed by atoms with Gasteiger partial charge in [0.2, 0.25) is 0 Å². The molecule has 2 aromatic rings. The maximum atomic E-state index is 6.10. The normalized spacial score (nSPS) is 17.9. The molecular weight excluding hydrogens is 198 g/mol. The zero-order valence-electron chi connectivity index (χ0n) is 9.61. The van der Waals surface area contributed by atoms with Gasteiger partial charge in [0.25, 0.3) is 0 Å². The van der Waals surface area contributed by atoms with Gasteiger partial charge in [0.1, 0.15) is 0 Å². The lowest BCUT2D eigenvalue weighted by atomic mass is 10.0. The Kier molecular flexibility index (Phi) is 2.04. The Morgan fingerprint density at radius 1 is 1.44 bits per heavy atom. The van der Waals surface area contributed by atoms with Crippen molar-refractivity contribution in [3.63, 3.8) is 0 Å². The fourth-order valence-electron chi connectivity index (χ4n) is 2.15. The van der Waals surface area contributed by atoms with Crippen LogP contribution in [0.4, 0.5) is 0 Å². The van der Waals surface area contributed by atoms with Crippen LogP contribution in [-0.4, -0.2) is 15.3 Å². The summed E-state index contributed by atoms with van der Waals surface area (Å²) in [5.74, 6) is 0. The molecule has 0 saturated heterocycles. The van der Waals surface area contributed by atoms with Crippen molar-refractivity contribution in [3.8, 4) is 0 Å². The number of hydrogen-bond donors (Lipinski definition) is 1. The lowest BCUT2D eigenvalue weighted by molar-refractivity contribution is 0.609.